The largest absolute Gasteiger partial charge is 0.271 e. The molecule has 2 heterocycles. The van der Waals surface area contributed by atoms with E-state index < -0.39 is 0 Å². The van der Waals surface area contributed by atoms with Gasteiger partial charge in [-0.3, -0.25) is 11.3 Å². The molecule has 16 heavy (non-hydrogen) atoms. The molecule has 0 bridgehead atoms. The zero-order valence-electron chi connectivity index (χ0n) is 8.65. The number of nitrogens with one attached hydrogen (secondary N) is 1. The van der Waals surface area contributed by atoms with Crippen LogP contribution >= 0.6 is 38.6 Å². The third kappa shape index (κ3) is 3.15. The van der Waals surface area contributed by atoms with Gasteiger partial charge in [-0.15, -0.1) is 11.3 Å². The Morgan fingerprint density at radius 2 is 2.25 bits per heavy atom. The third-order valence-corrected chi connectivity index (χ3v) is 4.91. The number of thiophene rings is 2. The molecule has 2 nitrogen and oxygen atoms in total. The second kappa shape index (κ2) is 5.93. The van der Waals surface area contributed by atoms with Crippen molar-refractivity contribution in [2.24, 2.45) is 5.84 Å². The van der Waals surface area contributed by atoms with Gasteiger partial charge in [-0.2, -0.15) is 11.3 Å². The van der Waals surface area contributed by atoms with Crippen molar-refractivity contribution in [3.63, 3.8) is 0 Å². The minimum Gasteiger partial charge on any atom is -0.271 e. The molecule has 0 saturated heterocycles. The quantitative estimate of drug-likeness (QED) is 0.652. The van der Waals surface area contributed by atoms with E-state index >= 15 is 0 Å². The van der Waals surface area contributed by atoms with Gasteiger partial charge in [0.25, 0.3) is 0 Å². The van der Waals surface area contributed by atoms with E-state index in [-0.39, 0.29) is 6.04 Å². The van der Waals surface area contributed by atoms with E-state index in [1.165, 1.54) is 10.4 Å². The average molecular weight is 317 g/mol. The molecule has 0 aromatic carbocycles. The van der Waals surface area contributed by atoms with Crippen molar-refractivity contribution < 1.29 is 0 Å². The molecular formula is C11H13BrN2S2. The normalized spacial score (nSPS) is 12.9. The molecule has 1 unspecified atom stereocenters. The van der Waals surface area contributed by atoms with Gasteiger partial charge >= 0.3 is 0 Å². The SMILES string of the molecule is NNC(CCc1ccsc1)c1ccc(Br)s1. The maximum Gasteiger partial charge on any atom is 0.0702 e. The number of rotatable bonds is 5. The minimum atomic E-state index is 0.246. The Balaban J connectivity index is 1.96. The van der Waals surface area contributed by atoms with Gasteiger partial charge in [-0.05, 0) is 63.3 Å². The maximum atomic E-state index is 5.60. The number of hydrogen-bond acceptors (Lipinski definition) is 4. The summed E-state index contributed by atoms with van der Waals surface area (Å²) in [5.74, 6) is 5.60. The van der Waals surface area contributed by atoms with E-state index in [0.29, 0.717) is 0 Å². The molecule has 2 rings (SSSR count). The molecule has 0 aliphatic carbocycles. The predicted molar refractivity (Wildman–Crippen MR) is 74.7 cm³/mol. The van der Waals surface area contributed by atoms with Gasteiger partial charge in [0.1, 0.15) is 0 Å². The fraction of sp³-hybridized carbons (Fsp3) is 0.273. The molecule has 0 aliphatic rings. The Bertz CT molecular complexity index is 425. The first kappa shape index (κ1) is 12.3. The van der Waals surface area contributed by atoms with Gasteiger partial charge in [-0.25, -0.2) is 0 Å². The predicted octanol–water partition coefficient (Wildman–Crippen LogP) is 3.71. The smallest absolute Gasteiger partial charge is 0.0702 e. The highest BCUT2D eigenvalue weighted by Gasteiger charge is 2.11. The summed E-state index contributed by atoms with van der Waals surface area (Å²) in [6.07, 6.45) is 2.09. The summed E-state index contributed by atoms with van der Waals surface area (Å²) in [5.41, 5.74) is 4.28. The summed E-state index contributed by atoms with van der Waals surface area (Å²) in [6.45, 7) is 0. The van der Waals surface area contributed by atoms with Crippen LogP contribution in [0.4, 0.5) is 0 Å². The first-order valence-corrected chi connectivity index (χ1v) is 7.57. The second-order valence-corrected chi connectivity index (χ2v) is 6.81. The molecule has 2 aromatic heterocycles. The molecule has 0 spiro atoms. The Kier molecular flexibility index (Phi) is 4.55. The Morgan fingerprint density at radius 1 is 1.38 bits per heavy atom. The molecule has 2 aromatic rings. The number of halogens is 1. The van der Waals surface area contributed by atoms with Crippen molar-refractivity contribution in [2.75, 3.05) is 0 Å². The summed E-state index contributed by atoms with van der Waals surface area (Å²) >= 11 is 6.95. The minimum absolute atomic E-state index is 0.246. The van der Waals surface area contributed by atoms with Crippen molar-refractivity contribution in [2.45, 2.75) is 18.9 Å². The van der Waals surface area contributed by atoms with E-state index in [2.05, 4.69) is 50.3 Å². The van der Waals surface area contributed by atoms with Crippen LogP contribution in [0.15, 0.2) is 32.7 Å². The van der Waals surface area contributed by atoms with Crippen molar-refractivity contribution in [1.29, 1.82) is 0 Å². The van der Waals surface area contributed by atoms with Crippen LogP contribution in [0.2, 0.25) is 0 Å². The average Bonchev–Trinajstić information content (AvgIpc) is 2.91. The van der Waals surface area contributed by atoms with Crippen LogP contribution in [0.1, 0.15) is 22.9 Å². The van der Waals surface area contributed by atoms with Crippen LogP contribution in [0.25, 0.3) is 0 Å². The van der Waals surface area contributed by atoms with Crippen LogP contribution in [0.5, 0.6) is 0 Å². The third-order valence-electron chi connectivity index (χ3n) is 2.44. The number of aryl methyl sites for hydroxylation is 1. The zero-order chi connectivity index (χ0) is 11.4. The molecule has 1 atom stereocenters. The second-order valence-electron chi connectivity index (χ2n) is 3.53. The standard InChI is InChI=1S/C11H13BrN2S2/c12-11-4-3-10(16-11)9(14-13)2-1-8-5-6-15-7-8/h3-7,9,14H,1-2,13H2. The summed E-state index contributed by atoms with van der Waals surface area (Å²) < 4.78 is 1.15. The van der Waals surface area contributed by atoms with E-state index in [1.807, 2.05) is 0 Å². The summed E-state index contributed by atoms with van der Waals surface area (Å²) in [7, 11) is 0. The van der Waals surface area contributed by atoms with Crippen LogP contribution < -0.4 is 11.3 Å². The molecule has 0 aliphatic heterocycles. The van der Waals surface area contributed by atoms with Gasteiger partial charge in [0.15, 0.2) is 0 Å². The van der Waals surface area contributed by atoms with Crippen LogP contribution in [-0.4, -0.2) is 0 Å². The molecular weight excluding hydrogens is 304 g/mol. The fourth-order valence-electron chi connectivity index (χ4n) is 1.57. The lowest BCUT2D eigenvalue weighted by Crippen LogP contribution is -2.27. The molecule has 0 saturated carbocycles. The number of hydrazine groups is 1. The van der Waals surface area contributed by atoms with Crippen LogP contribution in [-0.2, 0) is 6.42 Å². The Hall–Kier alpha value is -0.200. The van der Waals surface area contributed by atoms with Crippen molar-refractivity contribution in [3.05, 3.63) is 43.2 Å². The summed E-state index contributed by atoms with van der Waals surface area (Å²) in [6, 6.07) is 6.60. The van der Waals surface area contributed by atoms with Crippen LogP contribution in [0.3, 0.4) is 0 Å². The van der Waals surface area contributed by atoms with Gasteiger partial charge in [-0.1, -0.05) is 0 Å². The number of hydrogen-bond donors (Lipinski definition) is 2. The fourth-order valence-corrected chi connectivity index (χ4v) is 3.79. The maximum absolute atomic E-state index is 5.60. The molecule has 0 fully saturated rings. The molecule has 0 radical (unpaired) electrons. The van der Waals surface area contributed by atoms with E-state index in [4.69, 9.17) is 5.84 Å². The zero-order valence-corrected chi connectivity index (χ0v) is 11.9. The topological polar surface area (TPSA) is 38.0 Å². The van der Waals surface area contributed by atoms with Gasteiger partial charge in [0.2, 0.25) is 0 Å². The lowest BCUT2D eigenvalue weighted by atomic mass is 10.1. The molecule has 3 N–H and O–H groups in total. The van der Waals surface area contributed by atoms with Crippen molar-refractivity contribution >= 4 is 38.6 Å². The van der Waals surface area contributed by atoms with Gasteiger partial charge in [0.05, 0.1) is 9.83 Å². The lowest BCUT2D eigenvalue weighted by Gasteiger charge is -2.13. The molecule has 86 valence electrons. The Labute approximate surface area is 112 Å². The monoisotopic (exact) mass is 316 g/mol. The number of nitrogens with two attached hydrogens (primary N) is 1. The molecule has 5 heteroatoms. The van der Waals surface area contributed by atoms with Crippen LogP contribution in [0, 0.1) is 0 Å². The summed E-state index contributed by atoms with van der Waals surface area (Å²) in [4.78, 5) is 1.28. The lowest BCUT2D eigenvalue weighted by molar-refractivity contribution is 0.524. The first-order valence-electron chi connectivity index (χ1n) is 5.02. The van der Waals surface area contributed by atoms with Gasteiger partial charge in [0, 0.05) is 4.88 Å². The highest BCUT2D eigenvalue weighted by molar-refractivity contribution is 9.11. The first-order chi connectivity index (χ1) is 7.79. The van der Waals surface area contributed by atoms with Crippen molar-refractivity contribution in [3.8, 4) is 0 Å². The van der Waals surface area contributed by atoms with E-state index in [1.54, 1.807) is 22.7 Å². The van der Waals surface area contributed by atoms with Crippen molar-refractivity contribution in [1.82, 2.24) is 5.43 Å². The van der Waals surface area contributed by atoms with E-state index in [9.17, 15) is 0 Å². The highest BCUT2D eigenvalue weighted by Crippen LogP contribution is 2.29. The highest BCUT2D eigenvalue weighted by atomic mass is 79.9. The Morgan fingerprint density at radius 3 is 2.81 bits per heavy atom. The summed E-state index contributed by atoms with van der Waals surface area (Å²) in [5, 5.41) is 4.31. The van der Waals surface area contributed by atoms with E-state index in [0.717, 1.165) is 16.6 Å². The van der Waals surface area contributed by atoms with Gasteiger partial charge < -0.3 is 0 Å². The molecule has 0 amide bonds.